The van der Waals surface area contributed by atoms with Gasteiger partial charge in [0.25, 0.3) is 5.91 Å². The van der Waals surface area contributed by atoms with Crippen LogP contribution < -0.4 is 14.8 Å². The maximum absolute atomic E-state index is 12.7. The fourth-order valence-electron chi connectivity index (χ4n) is 2.98. The van der Waals surface area contributed by atoms with Gasteiger partial charge in [0.1, 0.15) is 13.2 Å². The molecule has 2 aromatic rings. The van der Waals surface area contributed by atoms with Crippen LogP contribution in [0.4, 0.5) is 0 Å². The van der Waals surface area contributed by atoms with Crippen molar-refractivity contribution < 1.29 is 14.3 Å². The van der Waals surface area contributed by atoms with Crippen molar-refractivity contribution in [3.05, 3.63) is 59.2 Å². The minimum absolute atomic E-state index is 0.0689. The van der Waals surface area contributed by atoms with E-state index in [1.165, 1.54) is 5.56 Å². The standard InChI is InChI=1S/C22H27NO3/c1-21(2,3)16-8-6-15(7-9-16)20(24)23-22(4,5)17-10-11-18-19(14-17)26-13-12-25-18/h6-11,14H,12-13H2,1-5H3,(H,23,24). The lowest BCUT2D eigenvalue weighted by molar-refractivity contribution is 0.0911. The number of carbonyl (C=O) groups excluding carboxylic acids is 1. The van der Waals surface area contributed by atoms with Gasteiger partial charge in [0, 0.05) is 5.56 Å². The van der Waals surface area contributed by atoms with E-state index in [0.29, 0.717) is 18.8 Å². The first-order chi connectivity index (χ1) is 12.2. The highest BCUT2D eigenvalue weighted by molar-refractivity contribution is 5.94. The Morgan fingerprint density at radius 3 is 2.04 bits per heavy atom. The van der Waals surface area contributed by atoms with E-state index in [9.17, 15) is 4.79 Å². The maximum Gasteiger partial charge on any atom is 0.251 e. The Bertz CT molecular complexity index is 801. The monoisotopic (exact) mass is 353 g/mol. The highest BCUT2D eigenvalue weighted by atomic mass is 16.6. The Kier molecular flexibility index (Phi) is 4.70. The zero-order chi connectivity index (χ0) is 18.9. The Hall–Kier alpha value is -2.49. The first kappa shape index (κ1) is 18.3. The first-order valence-corrected chi connectivity index (χ1v) is 9.00. The number of hydrogen-bond acceptors (Lipinski definition) is 3. The number of nitrogens with one attached hydrogen (secondary N) is 1. The van der Waals surface area contributed by atoms with Gasteiger partial charge in [-0.25, -0.2) is 0 Å². The molecule has 1 N–H and O–H groups in total. The molecule has 3 rings (SSSR count). The number of benzene rings is 2. The molecule has 2 aromatic carbocycles. The molecule has 0 atom stereocenters. The summed E-state index contributed by atoms with van der Waals surface area (Å²) in [7, 11) is 0. The third-order valence-electron chi connectivity index (χ3n) is 4.70. The summed E-state index contributed by atoms with van der Waals surface area (Å²) in [5, 5.41) is 3.12. The van der Waals surface area contributed by atoms with Crippen LogP contribution in [0.1, 0.15) is 56.1 Å². The zero-order valence-corrected chi connectivity index (χ0v) is 16.2. The molecule has 0 unspecified atom stereocenters. The summed E-state index contributed by atoms with van der Waals surface area (Å²) in [6.07, 6.45) is 0. The SMILES string of the molecule is CC(C)(C)c1ccc(C(=O)NC(C)(C)c2ccc3c(c2)OCCO3)cc1. The third kappa shape index (κ3) is 3.85. The van der Waals surface area contributed by atoms with Crippen molar-refractivity contribution in [2.45, 2.75) is 45.6 Å². The zero-order valence-electron chi connectivity index (χ0n) is 16.2. The highest BCUT2D eigenvalue weighted by Gasteiger charge is 2.26. The lowest BCUT2D eigenvalue weighted by Gasteiger charge is -2.29. The minimum Gasteiger partial charge on any atom is -0.486 e. The summed E-state index contributed by atoms with van der Waals surface area (Å²) in [5.74, 6) is 1.39. The molecule has 0 saturated heterocycles. The number of amides is 1. The molecular formula is C22H27NO3. The quantitative estimate of drug-likeness (QED) is 0.888. The summed E-state index contributed by atoms with van der Waals surface area (Å²) in [6.45, 7) is 11.6. The van der Waals surface area contributed by atoms with Gasteiger partial charge in [0.15, 0.2) is 11.5 Å². The van der Waals surface area contributed by atoms with Crippen molar-refractivity contribution in [3.63, 3.8) is 0 Å². The second kappa shape index (κ2) is 6.67. The molecular weight excluding hydrogens is 326 g/mol. The molecule has 0 aliphatic carbocycles. The van der Waals surface area contributed by atoms with E-state index in [4.69, 9.17) is 9.47 Å². The Balaban J connectivity index is 1.77. The van der Waals surface area contributed by atoms with E-state index in [1.807, 2.05) is 56.3 Å². The van der Waals surface area contributed by atoms with Crippen molar-refractivity contribution in [3.8, 4) is 11.5 Å². The summed E-state index contributed by atoms with van der Waals surface area (Å²) in [4.78, 5) is 12.7. The Labute approximate surface area is 155 Å². The van der Waals surface area contributed by atoms with Crippen molar-refractivity contribution in [1.82, 2.24) is 5.32 Å². The van der Waals surface area contributed by atoms with Gasteiger partial charge in [-0.1, -0.05) is 39.0 Å². The summed E-state index contributed by atoms with van der Waals surface area (Å²) in [6, 6.07) is 13.6. The molecule has 1 aliphatic rings. The van der Waals surface area contributed by atoms with Crippen LogP contribution in [0.25, 0.3) is 0 Å². The van der Waals surface area contributed by atoms with Gasteiger partial charge < -0.3 is 14.8 Å². The van der Waals surface area contributed by atoms with Crippen molar-refractivity contribution in [1.29, 1.82) is 0 Å². The Morgan fingerprint density at radius 1 is 0.846 bits per heavy atom. The van der Waals surface area contributed by atoms with Crippen molar-refractivity contribution in [2.24, 2.45) is 0 Å². The van der Waals surface area contributed by atoms with E-state index in [0.717, 1.165) is 17.1 Å². The molecule has 1 aliphatic heterocycles. The predicted octanol–water partition coefficient (Wildman–Crippen LogP) is 4.42. The van der Waals surface area contributed by atoms with Gasteiger partial charge >= 0.3 is 0 Å². The minimum atomic E-state index is -0.532. The van der Waals surface area contributed by atoms with Crippen LogP contribution in [0.3, 0.4) is 0 Å². The maximum atomic E-state index is 12.7. The average Bonchev–Trinajstić information content (AvgIpc) is 2.60. The highest BCUT2D eigenvalue weighted by Crippen LogP contribution is 2.34. The fourth-order valence-corrected chi connectivity index (χ4v) is 2.98. The lowest BCUT2D eigenvalue weighted by Crippen LogP contribution is -2.41. The molecule has 0 bridgehead atoms. The topological polar surface area (TPSA) is 47.6 Å². The molecule has 0 aromatic heterocycles. The molecule has 0 spiro atoms. The molecule has 138 valence electrons. The van der Waals surface area contributed by atoms with Crippen LogP contribution in [0.2, 0.25) is 0 Å². The smallest absolute Gasteiger partial charge is 0.251 e. The molecule has 0 radical (unpaired) electrons. The van der Waals surface area contributed by atoms with Crippen LogP contribution in [-0.4, -0.2) is 19.1 Å². The summed E-state index contributed by atoms with van der Waals surface area (Å²) >= 11 is 0. The number of hydrogen-bond donors (Lipinski definition) is 1. The molecule has 26 heavy (non-hydrogen) atoms. The van der Waals surface area contributed by atoms with Gasteiger partial charge in [0.2, 0.25) is 0 Å². The van der Waals surface area contributed by atoms with Gasteiger partial charge in [-0.15, -0.1) is 0 Å². The second-order valence-electron chi connectivity index (χ2n) is 8.26. The summed E-state index contributed by atoms with van der Waals surface area (Å²) in [5.41, 5.74) is 2.37. The molecule has 1 heterocycles. The van der Waals surface area contributed by atoms with E-state index >= 15 is 0 Å². The van der Waals surface area contributed by atoms with E-state index in [1.54, 1.807) is 0 Å². The second-order valence-corrected chi connectivity index (χ2v) is 8.26. The van der Waals surface area contributed by atoms with E-state index in [-0.39, 0.29) is 11.3 Å². The van der Waals surface area contributed by atoms with E-state index in [2.05, 4.69) is 26.1 Å². The molecule has 0 saturated carbocycles. The van der Waals surface area contributed by atoms with Crippen molar-refractivity contribution >= 4 is 5.91 Å². The largest absolute Gasteiger partial charge is 0.486 e. The van der Waals surface area contributed by atoms with Gasteiger partial charge in [-0.2, -0.15) is 0 Å². The average molecular weight is 353 g/mol. The normalized spacial score (nSPS) is 14.0. The Morgan fingerprint density at radius 2 is 1.42 bits per heavy atom. The van der Waals surface area contributed by atoms with Crippen LogP contribution in [0, 0.1) is 0 Å². The number of ether oxygens (including phenoxy) is 2. The number of fused-ring (bicyclic) bond motifs is 1. The van der Waals surface area contributed by atoms with E-state index < -0.39 is 5.54 Å². The lowest BCUT2D eigenvalue weighted by atomic mass is 9.86. The van der Waals surface area contributed by atoms with Gasteiger partial charge in [-0.05, 0) is 54.7 Å². The van der Waals surface area contributed by atoms with Crippen molar-refractivity contribution in [2.75, 3.05) is 13.2 Å². The molecule has 0 fully saturated rings. The molecule has 4 heteroatoms. The van der Waals surface area contributed by atoms with Gasteiger partial charge in [-0.3, -0.25) is 4.79 Å². The fraction of sp³-hybridized carbons (Fsp3) is 0.409. The number of carbonyl (C=O) groups is 1. The van der Waals surface area contributed by atoms with Crippen LogP contribution in [-0.2, 0) is 11.0 Å². The summed E-state index contributed by atoms with van der Waals surface area (Å²) < 4.78 is 11.2. The van der Waals surface area contributed by atoms with Crippen LogP contribution >= 0.6 is 0 Å². The number of rotatable bonds is 3. The van der Waals surface area contributed by atoms with Crippen LogP contribution in [0.15, 0.2) is 42.5 Å². The molecule has 1 amide bonds. The molecule has 4 nitrogen and oxygen atoms in total. The first-order valence-electron chi connectivity index (χ1n) is 9.00. The predicted molar refractivity (Wildman–Crippen MR) is 103 cm³/mol. The third-order valence-corrected chi connectivity index (χ3v) is 4.70. The van der Waals surface area contributed by atoms with Gasteiger partial charge in [0.05, 0.1) is 5.54 Å². The van der Waals surface area contributed by atoms with Crippen LogP contribution in [0.5, 0.6) is 11.5 Å².